The van der Waals surface area contributed by atoms with Crippen molar-refractivity contribution in [2.75, 3.05) is 50.9 Å². The van der Waals surface area contributed by atoms with Gasteiger partial charge in [0.25, 0.3) is 16.6 Å². The number of guanidine groups is 2. The molecule has 0 spiro atoms. The minimum Gasteiger partial charge on any atom is -0.404 e. The Hall–Kier alpha value is -3.53. The van der Waals surface area contributed by atoms with Crippen molar-refractivity contribution in [3.05, 3.63) is 121 Å². The lowest BCUT2D eigenvalue weighted by Crippen LogP contribution is -2.68. The molecule has 8 nitrogen and oxygen atoms in total. The van der Waals surface area contributed by atoms with E-state index in [0.29, 0.717) is 25.3 Å². The summed E-state index contributed by atoms with van der Waals surface area (Å²) in [5.41, 5.74) is 0. The molecule has 0 bridgehead atoms. The maximum Gasteiger partial charge on any atom is 0.346 e. The lowest BCUT2D eigenvalue weighted by Gasteiger charge is -2.44. The zero-order valence-corrected chi connectivity index (χ0v) is 41.5. The van der Waals surface area contributed by atoms with Crippen LogP contribution in [0.3, 0.4) is 0 Å². The van der Waals surface area contributed by atoms with E-state index in [1.807, 2.05) is 21.6 Å². The quantitative estimate of drug-likeness (QED) is 0.0525. The molecule has 4 N–H and O–H groups in total. The van der Waals surface area contributed by atoms with E-state index in [-0.39, 0.29) is 22.2 Å². The van der Waals surface area contributed by atoms with Gasteiger partial charge in [0.15, 0.2) is 0 Å². The summed E-state index contributed by atoms with van der Waals surface area (Å²) in [4.78, 5) is 0. The molecule has 8 rings (SSSR count). The molecule has 0 fully saturated rings. The van der Waals surface area contributed by atoms with Gasteiger partial charge < -0.3 is 8.85 Å². The summed E-state index contributed by atoms with van der Waals surface area (Å²) in [6.45, 7) is 19.9. The van der Waals surface area contributed by atoms with Crippen molar-refractivity contribution in [2.24, 2.45) is 0 Å². The Morgan fingerprint density at radius 3 is 1.02 bits per heavy atom. The molecule has 12 heteroatoms. The summed E-state index contributed by atoms with van der Waals surface area (Å²) in [5, 5.41) is 20.9. The van der Waals surface area contributed by atoms with E-state index < -0.39 is 16.6 Å². The molecule has 330 valence electrons. The predicted octanol–water partition coefficient (Wildman–Crippen LogP) is 5.71. The predicted molar refractivity (Wildman–Crippen MR) is 268 cm³/mol. The number of hydrogen-bond donors (Lipinski definition) is 4. The van der Waals surface area contributed by atoms with Crippen LogP contribution >= 0.6 is 21.6 Å². The molecule has 4 aromatic carbocycles. The van der Waals surface area contributed by atoms with Gasteiger partial charge in [-0.2, -0.15) is 0 Å². The van der Waals surface area contributed by atoms with Crippen LogP contribution in [0.2, 0.25) is 10.1 Å². The van der Waals surface area contributed by atoms with E-state index in [1.165, 1.54) is 32.7 Å². The fourth-order valence-corrected chi connectivity index (χ4v) is 22.0. The lowest BCUT2D eigenvalue weighted by atomic mass is 10.1. The molecule has 4 aliphatic heterocycles. The standard InChI is InChI=1S/C50H68N6O2S2Si2/c1-49(2,3)61(43-19-11-7-12-20-43,44-21-13-8-14-22-44)57-35-39-27-31-55-33-29-41(53-47(55)51-39)37-59-60-38-42-30-34-56-32-28-40(52-48(56)54-42)36-58-62(50(4,5)6,45-23-15-9-16-24-45)46-25-17-10-18-26-46/h7-26,39-42H,27-38H2,1-6H3,(H2,51,52,53,54)/p+2/t39-,40-,41-,42-/m1/s1. The molecule has 0 unspecified atom stereocenters. The molecule has 4 atom stereocenters. The van der Waals surface area contributed by atoms with Gasteiger partial charge >= 0.3 is 11.9 Å². The number of benzene rings is 4. The molecular formula is C50H70N6O2S2Si2+2. The topological polar surface area (TPSA) is 72.6 Å². The highest BCUT2D eigenvalue weighted by atomic mass is 33.1. The molecule has 62 heavy (non-hydrogen) atoms. The van der Waals surface area contributed by atoms with Crippen molar-refractivity contribution < 1.29 is 18.0 Å². The number of nitrogens with zero attached hydrogens (tertiary/aromatic N) is 2. The lowest BCUT2D eigenvalue weighted by molar-refractivity contribution is -0.542. The van der Waals surface area contributed by atoms with Crippen LogP contribution in [0, 0.1) is 0 Å². The van der Waals surface area contributed by atoms with Crippen LogP contribution in [0.15, 0.2) is 121 Å². The highest BCUT2D eigenvalue weighted by Crippen LogP contribution is 2.38. The van der Waals surface area contributed by atoms with Gasteiger partial charge in [-0.05, 0) is 30.8 Å². The second kappa shape index (κ2) is 19.7. The molecule has 0 aromatic heterocycles. The van der Waals surface area contributed by atoms with Crippen LogP contribution in [0.1, 0.15) is 67.2 Å². The van der Waals surface area contributed by atoms with Crippen molar-refractivity contribution >= 4 is 70.9 Å². The van der Waals surface area contributed by atoms with Crippen molar-refractivity contribution in [3.8, 4) is 0 Å². The molecular weight excluding hydrogens is 837 g/mol. The Labute approximate surface area is 381 Å². The SMILES string of the molecule is CC(C)(C)[Si](OC[C@H]1CC[N+]2=C(N1)N[C@@H](CSSC[C@H]1CC[N+]3=C(N[C@@H](CO[Si](c4ccccc4)(c4ccccc4)C(C)(C)C)CC3)N1)CC2)(c1ccccc1)c1ccccc1. The monoisotopic (exact) mass is 906 g/mol. The normalized spacial score (nSPS) is 22.1. The van der Waals surface area contributed by atoms with Crippen molar-refractivity contribution in [1.29, 1.82) is 0 Å². The second-order valence-corrected chi connectivity index (χ2v) is 30.9. The molecule has 4 heterocycles. The van der Waals surface area contributed by atoms with Crippen molar-refractivity contribution in [2.45, 2.75) is 101 Å². The third-order valence-electron chi connectivity index (χ3n) is 13.4. The minimum atomic E-state index is -2.59. The summed E-state index contributed by atoms with van der Waals surface area (Å²) in [6, 6.07) is 45.5. The summed E-state index contributed by atoms with van der Waals surface area (Å²) in [6.07, 6.45) is 4.48. The summed E-state index contributed by atoms with van der Waals surface area (Å²) in [7, 11) is -1.13. The molecule has 0 saturated carbocycles. The van der Waals surface area contributed by atoms with Crippen LogP contribution in [0.5, 0.6) is 0 Å². The van der Waals surface area contributed by atoms with Crippen LogP contribution in [0.25, 0.3) is 0 Å². The Bertz CT molecular complexity index is 1900. The first kappa shape index (κ1) is 45.1. The number of hydrogen-bond acceptors (Lipinski definition) is 8. The van der Waals surface area contributed by atoms with Crippen LogP contribution < -0.4 is 42.0 Å². The summed E-state index contributed by atoms with van der Waals surface area (Å²) in [5.74, 6) is 4.55. The third-order valence-corrected chi connectivity index (χ3v) is 26.0. The number of rotatable bonds is 15. The molecule has 0 radical (unpaired) electrons. The maximum atomic E-state index is 7.35. The fraction of sp³-hybridized carbons (Fsp3) is 0.480. The van der Waals surface area contributed by atoms with E-state index in [0.717, 1.165) is 63.4 Å². The first-order chi connectivity index (χ1) is 30.0. The van der Waals surface area contributed by atoms with Gasteiger partial charge in [-0.15, -0.1) is 0 Å². The van der Waals surface area contributed by atoms with E-state index in [2.05, 4.69) is 193 Å². The first-order valence-corrected chi connectivity index (χ1v) is 29.3. The summed E-state index contributed by atoms with van der Waals surface area (Å²) >= 11 is 0. The average molecular weight is 907 g/mol. The second-order valence-electron chi connectivity index (χ2n) is 19.7. The van der Waals surface area contributed by atoms with Gasteiger partial charge in [-0.3, -0.25) is 30.4 Å². The molecule has 4 aromatic rings. The van der Waals surface area contributed by atoms with Crippen LogP contribution in [0.4, 0.5) is 0 Å². The average Bonchev–Trinajstić information content (AvgIpc) is 3.28. The third kappa shape index (κ3) is 9.76. The largest absolute Gasteiger partial charge is 0.404 e. The minimum absolute atomic E-state index is 0.0330. The zero-order chi connectivity index (χ0) is 43.2. The maximum absolute atomic E-state index is 7.35. The zero-order valence-electron chi connectivity index (χ0n) is 37.9. The van der Waals surface area contributed by atoms with Gasteiger partial charge in [0.1, 0.15) is 0 Å². The van der Waals surface area contributed by atoms with Gasteiger partial charge in [0.2, 0.25) is 0 Å². The van der Waals surface area contributed by atoms with Gasteiger partial charge in [0, 0.05) is 37.2 Å². The Morgan fingerprint density at radius 1 is 0.452 bits per heavy atom. The molecule has 0 amide bonds. The van der Waals surface area contributed by atoms with Gasteiger partial charge in [0.05, 0.1) is 63.6 Å². The highest BCUT2D eigenvalue weighted by Gasteiger charge is 2.52. The van der Waals surface area contributed by atoms with E-state index in [1.54, 1.807) is 0 Å². The highest BCUT2D eigenvalue weighted by molar-refractivity contribution is 8.76. The molecule has 0 saturated heterocycles. The Kier molecular flexibility index (Phi) is 14.3. The fourth-order valence-electron chi connectivity index (χ4n) is 10.2. The van der Waals surface area contributed by atoms with Crippen LogP contribution in [-0.2, 0) is 8.85 Å². The molecule has 4 aliphatic rings. The summed E-state index contributed by atoms with van der Waals surface area (Å²) < 4.78 is 19.7. The Balaban J connectivity index is 0.818. The first-order valence-electron chi connectivity index (χ1n) is 23.0. The van der Waals surface area contributed by atoms with Gasteiger partial charge in [-0.25, -0.2) is 0 Å². The van der Waals surface area contributed by atoms with Crippen LogP contribution in [-0.4, -0.2) is 113 Å². The number of nitrogens with one attached hydrogen (secondary N) is 4. The van der Waals surface area contributed by atoms with E-state index in [4.69, 9.17) is 8.85 Å². The Morgan fingerprint density at radius 2 is 0.726 bits per heavy atom. The van der Waals surface area contributed by atoms with Crippen molar-refractivity contribution in [1.82, 2.24) is 21.3 Å². The van der Waals surface area contributed by atoms with Crippen molar-refractivity contribution in [3.63, 3.8) is 0 Å². The van der Waals surface area contributed by atoms with E-state index in [9.17, 15) is 0 Å². The smallest absolute Gasteiger partial charge is 0.346 e. The molecule has 0 aliphatic carbocycles. The van der Waals surface area contributed by atoms with E-state index >= 15 is 0 Å². The van der Waals surface area contributed by atoms with Gasteiger partial charge in [-0.1, -0.05) is 184 Å².